The second kappa shape index (κ2) is 4.53. The van der Waals surface area contributed by atoms with Gasteiger partial charge in [0, 0.05) is 29.9 Å². The number of aliphatic hydroxyl groups is 1. The number of aliphatic hydroxyl groups excluding tert-OH is 1. The topological polar surface area (TPSA) is 58.3 Å². The Labute approximate surface area is 91.3 Å². The van der Waals surface area contributed by atoms with Gasteiger partial charge in [-0.05, 0) is 30.7 Å². The lowest BCUT2D eigenvalue weighted by Gasteiger charge is -2.22. The predicted octanol–water partition coefficient (Wildman–Crippen LogP) is 2.01. The summed E-state index contributed by atoms with van der Waals surface area (Å²) in [7, 11) is 0. The van der Waals surface area contributed by atoms with Gasteiger partial charge >= 0.3 is 0 Å². The van der Waals surface area contributed by atoms with Crippen molar-refractivity contribution in [3.8, 4) is 0 Å². The lowest BCUT2D eigenvalue weighted by atomic mass is 9.95. The quantitative estimate of drug-likeness (QED) is 0.663. The Morgan fingerprint density at radius 1 is 1.33 bits per heavy atom. The molecule has 1 aromatic rings. The van der Waals surface area contributed by atoms with E-state index in [1.165, 1.54) is 0 Å². The van der Waals surface area contributed by atoms with Crippen molar-refractivity contribution in [1.29, 1.82) is 0 Å². The molecule has 1 aromatic carbocycles. The van der Waals surface area contributed by atoms with Gasteiger partial charge in [0.2, 0.25) is 0 Å². The number of nitrogens with one attached hydrogen (secondary N) is 1. The highest BCUT2D eigenvalue weighted by Crippen LogP contribution is 2.19. The highest BCUT2D eigenvalue weighted by Gasteiger charge is 2.15. The summed E-state index contributed by atoms with van der Waals surface area (Å²) in [5, 5.41) is 12.4. The molecule has 15 heavy (non-hydrogen) atoms. The molecule has 0 aliphatic carbocycles. The molecule has 4 N–H and O–H groups in total. The minimum atomic E-state index is -0.113. The molecule has 0 bridgehead atoms. The summed E-state index contributed by atoms with van der Waals surface area (Å²) in [5.41, 5.74) is 8.54. The van der Waals surface area contributed by atoms with Gasteiger partial charge in [-0.3, -0.25) is 0 Å². The zero-order valence-corrected chi connectivity index (χ0v) is 9.67. The monoisotopic (exact) mass is 208 g/mol. The van der Waals surface area contributed by atoms with Crippen molar-refractivity contribution < 1.29 is 5.11 Å². The third-order valence-electron chi connectivity index (χ3n) is 2.30. The average Bonchev–Trinajstić information content (AvgIpc) is 2.14. The molecule has 0 unspecified atom stereocenters. The van der Waals surface area contributed by atoms with Crippen molar-refractivity contribution in [2.45, 2.75) is 20.8 Å². The SMILES string of the molecule is Cc1cc(N)cc(NCC(C)(C)CO)c1. The summed E-state index contributed by atoms with van der Waals surface area (Å²) >= 11 is 0. The normalized spacial score (nSPS) is 11.5. The van der Waals surface area contributed by atoms with Crippen molar-refractivity contribution in [2.75, 3.05) is 24.2 Å². The van der Waals surface area contributed by atoms with Crippen LogP contribution in [0.2, 0.25) is 0 Å². The maximum atomic E-state index is 9.12. The fourth-order valence-corrected chi connectivity index (χ4v) is 1.31. The number of anilines is 2. The molecule has 0 saturated heterocycles. The molecule has 0 amide bonds. The van der Waals surface area contributed by atoms with E-state index in [2.05, 4.69) is 5.32 Å². The van der Waals surface area contributed by atoms with Crippen LogP contribution < -0.4 is 11.1 Å². The van der Waals surface area contributed by atoms with E-state index in [1.807, 2.05) is 39.0 Å². The van der Waals surface area contributed by atoms with E-state index in [1.54, 1.807) is 0 Å². The van der Waals surface area contributed by atoms with Crippen molar-refractivity contribution in [2.24, 2.45) is 5.41 Å². The van der Waals surface area contributed by atoms with Gasteiger partial charge in [-0.2, -0.15) is 0 Å². The van der Waals surface area contributed by atoms with Crippen LogP contribution in [0.3, 0.4) is 0 Å². The van der Waals surface area contributed by atoms with E-state index in [-0.39, 0.29) is 12.0 Å². The third kappa shape index (κ3) is 3.80. The molecule has 0 radical (unpaired) electrons. The molecular weight excluding hydrogens is 188 g/mol. The number of hydrogen-bond acceptors (Lipinski definition) is 3. The largest absolute Gasteiger partial charge is 0.399 e. The Morgan fingerprint density at radius 3 is 2.53 bits per heavy atom. The van der Waals surface area contributed by atoms with E-state index in [4.69, 9.17) is 10.8 Å². The van der Waals surface area contributed by atoms with Crippen LogP contribution in [0.15, 0.2) is 18.2 Å². The van der Waals surface area contributed by atoms with Crippen LogP contribution in [0.25, 0.3) is 0 Å². The van der Waals surface area contributed by atoms with E-state index < -0.39 is 0 Å². The smallest absolute Gasteiger partial charge is 0.0498 e. The predicted molar refractivity (Wildman–Crippen MR) is 64.9 cm³/mol. The van der Waals surface area contributed by atoms with Crippen LogP contribution in [0, 0.1) is 12.3 Å². The van der Waals surface area contributed by atoms with Gasteiger partial charge in [-0.25, -0.2) is 0 Å². The lowest BCUT2D eigenvalue weighted by Crippen LogP contribution is -2.26. The Kier molecular flexibility index (Phi) is 3.58. The molecule has 84 valence electrons. The summed E-state index contributed by atoms with van der Waals surface area (Å²) in [4.78, 5) is 0. The Balaban J connectivity index is 2.65. The van der Waals surface area contributed by atoms with Gasteiger partial charge in [-0.15, -0.1) is 0 Å². The zero-order chi connectivity index (χ0) is 11.5. The highest BCUT2D eigenvalue weighted by atomic mass is 16.3. The molecule has 0 spiro atoms. The van der Waals surface area contributed by atoms with Crippen molar-refractivity contribution in [3.05, 3.63) is 23.8 Å². The van der Waals surface area contributed by atoms with Crippen LogP contribution in [0.4, 0.5) is 11.4 Å². The van der Waals surface area contributed by atoms with Gasteiger partial charge in [0.25, 0.3) is 0 Å². The second-order valence-electron chi connectivity index (χ2n) is 4.81. The number of nitrogens with two attached hydrogens (primary N) is 1. The average molecular weight is 208 g/mol. The van der Waals surface area contributed by atoms with Gasteiger partial charge in [0.1, 0.15) is 0 Å². The summed E-state index contributed by atoms with van der Waals surface area (Å²) in [6, 6.07) is 5.88. The first-order valence-electron chi connectivity index (χ1n) is 5.15. The molecule has 0 aromatic heterocycles. The van der Waals surface area contributed by atoms with Crippen LogP contribution in [0.1, 0.15) is 19.4 Å². The van der Waals surface area contributed by atoms with E-state index in [9.17, 15) is 0 Å². The Hall–Kier alpha value is -1.22. The molecule has 1 rings (SSSR count). The van der Waals surface area contributed by atoms with Gasteiger partial charge < -0.3 is 16.2 Å². The third-order valence-corrected chi connectivity index (χ3v) is 2.30. The lowest BCUT2D eigenvalue weighted by molar-refractivity contribution is 0.171. The molecule has 0 saturated carbocycles. The van der Waals surface area contributed by atoms with E-state index in [0.29, 0.717) is 0 Å². The fourth-order valence-electron chi connectivity index (χ4n) is 1.31. The standard InChI is InChI=1S/C12H20N2O/c1-9-4-10(13)6-11(5-9)14-7-12(2,3)8-15/h4-6,14-15H,7-8,13H2,1-3H3. The first kappa shape index (κ1) is 11.9. The number of aryl methyl sites for hydroxylation is 1. The highest BCUT2D eigenvalue weighted by molar-refractivity contribution is 5.56. The molecular formula is C12H20N2O. The van der Waals surface area contributed by atoms with Crippen molar-refractivity contribution in [3.63, 3.8) is 0 Å². The Bertz CT molecular complexity index is 314. The summed E-state index contributed by atoms with van der Waals surface area (Å²) in [6.45, 7) is 6.94. The number of hydrogen-bond donors (Lipinski definition) is 3. The van der Waals surface area contributed by atoms with Crippen molar-refractivity contribution >= 4 is 11.4 Å². The minimum Gasteiger partial charge on any atom is -0.399 e. The van der Waals surface area contributed by atoms with Gasteiger partial charge in [0.15, 0.2) is 0 Å². The molecule has 3 nitrogen and oxygen atoms in total. The first-order valence-corrected chi connectivity index (χ1v) is 5.15. The number of nitrogen functional groups attached to an aromatic ring is 1. The minimum absolute atomic E-state index is 0.113. The maximum Gasteiger partial charge on any atom is 0.0498 e. The molecule has 0 atom stereocenters. The first-order chi connectivity index (χ1) is 6.93. The van der Waals surface area contributed by atoms with Gasteiger partial charge in [-0.1, -0.05) is 13.8 Å². The molecule has 0 aliphatic rings. The molecule has 3 heteroatoms. The fraction of sp³-hybridized carbons (Fsp3) is 0.500. The maximum absolute atomic E-state index is 9.12. The summed E-state index contributed by atoms with van der Waals surface area (Å²) in [6.07, 6.45) is 0. The van der Waals surface area contributed by atoms with Crippen molar-refractivity contribution in [1.82, 2.24) is 0 Å². The summed E-state index contributed by atoms with van der Waals surface area (Å²) < 4.78 is 0. The number of rotatable bonds is 4. The zero-order valence-electron chi connectivity index (χ0n) is 9.67. The molecule has 0 aliphatic heterocycles. The Morgan fingerprint density at radius 2 is 2.00 bits per heavy atom. The van der Waals surface area contributed by atoms with Gasteiger partial charge in [0.05, 0.1) is 0 Å². The molecule has 0 fully saturated rings. The van der Waals surface area contributed by atoms with Crippen LogP contribution in [-0.4, -0.2) is 18.3 Å². The second-order valence-corrected chi connectivity index (χ2v) is 4.81. The van der Waals surface area contributed by atoms with E-state index >= 15 is 0 Å². The van der Waals surface area contributed by atoms with E-state index in [0.717, 1.165) is 23.5 Å². The van der Waals surface area contributed by atoms with Crippen LogP contribution in [0.5, 0.6) is 0 Å². The van der Waals surface area contributed by atoms with Crippen LogP contribution >= 0.6 is 0 Å². The summed E-state index contributed by atoms with van der Waals surface area (Å²) in [5.74, 6) is 0. The molecule has 0 heterocycles. The van der Waals surface area contributed by atoms with Crippen LogP contribution in [-0.2, 0) is 0 Å². The number of benzene rings is 1.